The van der Waals surface area contributed by atoms with E-state index in [0.717, 1.165) is 5.56 Å². The average Bonchev–Trinajstić information content (AvgIpc) is 2.83. The van der Waals surface area contributed by atoms with Crippen molar-refractivity contribution in [2.24, 2.45) is 5.92 Å². The highest BCUT2D eigenvalue weighted by molar-refractivity contribution is 6.33. The van der Waals surface area contributed by atoms with Crippen LogP contribution in [0.4, 0.5) is 10.5 Å². The summed E-state index contributed by atoms with van der Waals surface area (Å²) in [6.45, 7) is 2.54. The number of amides is 2. The van der Waals surface area contributed by atoms with Crippen LogP contribution in [0.5, 0.6) is 0 Å². The van der Waals surface area contributed by atoms with Gasteiger partial charge in [0.25, 0.3) is 0 Å². The van der Waals surface area contributed by atoms with Gasteiger partial charge < -0.3 is 15.3 Å². The minimum atomic E-state index is -0.857. The second-order valence-electron chi connectivity index (χ2n) is 4.63. The van der Waals surface area contributed by atoms with Crippen LogP contribution in [0.3, 0.4) is 0 Å². The van der Waals surface area contributed by atoms with Crippen LogP contribution in [0.2, 0.25) is 5.02 Å². The first kappa shape index (κ1) is 13.7. The Balaban J connectivity index is 2.04. The van der Waals surface area contributed by atoms with Gasteiger partial charge in [0.05, 0.1) is 16.6 Å². The van der Waals surface area contributed by atoms with E-state index >= 15 is 0 Å². The topological polar surface area (TPSA) is 69.6 Å². The first-order chi connectivity index (χ1) is 8.99. The maximum atomic E-state index is 12.1. The van der Waals surface area contributed by atoms with Crippen LogP contribution >= 0.6 is 11.6 Å². The second-order valence-corrected chi connectivity index (χ2v) is 5.04. The van der Waals surface area contributed by atoms with Crippen LogP contribution in [0.1, 0.15) is 12.0 Å². The lowest BCUT2D eigenvalue weighted by atomic mass is 10.1. The smallest absolute Gasteiger partial charge is 0.321 e. The van der Waals surface area contributed by atoms with Crippen molar-refractivity contribution in [3.8, 4) is 0 Å². The number of carboxylic acid groups (broad SMARTS) is 1. The second kappa shape index (κ2) is 5.48. The summed E-state index contributed by atoms with van der Waals surface area (Å²) in [5.41, 5.74) is 1.45. The Labute approximate surface area is 116 Å². The lowest BCUT2D eigenvalue weighted by molar-refractivity contribution is -0.141. The average molecular weight is 283 g/mol. The van der Waals surface area contributed by atoms with E-state index < -0.39 is 11.9 Å². The predicted octanol–water partition coefficient (Wildman–Crippen LogP) is 2.59. The lowest BCUT2D eigenvalue weighted by Gasteiger charge is -2.18. The van der Waals surface area contributed by atoms with Gasteiger partial charge in [0, 0.05) is 13.1 Å². The molecular formula is C13H15ClN2O3. The number of carbonyl (C=O) groups excluding carboxylic acids is 1. The summed E-state index contributed by atoms with van der Waals surface area (Å²) >= 11 is 6.03. The van der Waals surface area contributed by atoms with Crippen LogP contribution in [0, 0.1) is 12.8 Å². The number of para-hydroxylation sites is 1. The van der Waals surface area contributed by atoms with Gasteiger partial charge >= 0.3 is 12.0 Å². The molecule has 1 aromatic rings. The van der Waals surface area contributed by atoms with Crippen LogP contribution < -0.4 is 5.32 Å². The van der Waals surface area contributed by atoms with Gasteiger partial charge in [0.1, 0.15) is 0 Å². The Hall–Kier alpha value is -1.75. The van der Waals surface area contributed by atoms with Crippen molar-refractivity contribution < 1.29 is 14.7 Å². The molecule has 1 fully saturated rings. The predicted molar refractivity (Wildman–Crippen MR) is 72.5 cm³/mol. The molecule has 5 nitrogen and oxygen atoms in total. The van der Waals surface area contributed by atoms with E-state index in [-0.39, 0.29) is 12.6 Å². The van der Waals surface area contributed by atoms with Gasteiger partial charge in [-0.05, 0) is 25.0 Å². The minimum absolute atomic E-state index is 0.241. The van der Waals surface area contributed by atoms with E-state index in [0.29, 0.717) is 23.7 Å². The number of likely N-dealkylation sites (tertiary alicyclic amines) is 1. The molecule has 6 heteroatoms. The van der Waals surface area contributed by atoms with Crippen molar-refractivity contribution in [3.63, 3.8) is 0 Å². The number of aryl methyl sites for hydroxylation is 1. The summed E-state index contributed by atoms with van der Waals surface area (Å²) in [5, 5.41) is 12.1. The summed E-state index contributed by atoms with van der Waals surface area (Å²) in [4.78, 5) is 24.4. The van der Waals surface area contributed by atoms with E-state index in [1.807, 2.05) is 19.1 Å². The molecule has 0 saturated carbocycles. The molecule has 0 aromatic heterocycles. The Morgan fingerprint density at radius 2 is 2.21 bits per heavy atom. The Morgan fingerprint density at radius 1 is 1.47 bits per heavy atom. The molecule has 1 aliphatic rings. The fourth-order valence-corrected chi connectivity index (χ4v) is 2.39. The standard InChI is InChI=1S/C13H15ClN2O3/c1-8-3-2-4-10(14)11(8)15-13(19)16-6-5-9(7-16)12(17)18/h2-4,9H,5-7H2,1H3,(H,15,19)(H,17,18). The highest BCUT2D eigenvalue weighted by Gasteiger charge is 2.31. The van der Waals surface area contributed by atoms with Gasteiger partial charge in [-0.2, -0.15) is 0 Å². The number of urea groups is 1. The molecule has 1 atom stereocenters. The highest BCUT2D eigenvalue weighted by Crippen LogP contribution is 2.26. The summed E-state index contributed by atoms with van der Waals surface area (Å²) in [6, 6.07) is 5.06. The number of hydrogen-bond acceptors (Lipinski definition) is 2. The maximum absolute atomic E-state index is 12.1. The number of carbonyl (C=O) groups is 2. The molecule has 2 rings (SSSR count). The van der Waals surface area contributed by atoms with Crippen molar-refractivity contribution in [1.29, 1.82) is 0 Å². The van der Waals surface area contributed by atoms with E-state index in [1.165, 1.54) is 4.90 Å². The molecule has 0 spiro atoms. The van der Waals surface area contributed by atoms with Crippen LogP contribution in [-0.4, -0.2) is 35.1 Å². The molecule has 1 unspecified atom stereocenters. The fourth-order valence-electron chi connectivity index (χ4n) is 2.12. The summed E-state index contributed by atoms with van der Waals surface area (Å²) < 4.78 is 0. The van der Waals surface area contributed by atoms with E-state index in [9.17, 15) is 9.59 Å². The minimum Gasteiger partial charge on any atom is -0.481 e. The van der Waals surface area contributed by atoms with Gasteiger partial charge in [-0.15, -0.1) is 0 Å². The summed E-state index contributed by atoms with van der Waals surface area (Å²) in [6.07, 6.45) is 0.490. The van der Waals surface area contributed by atoms with Gasteiger partial charge in [0.15, 0.2) is 0 Å². The monoisotopic (exact) mass is 282 g/mol. The molecule has 0 aliphatic carbocycles. The van der Waals surface area contributed by atoms with Crippen molar-refractivity contribution in [1.82, 2.24) is 4.90 Å². The van der Waals surface area contributed by atoms with Gasteiger partial charge in [-0.25, -0.2) is 4.79 Å². The molecule has 2 amide bonds. The summed E-state index contributed by atoms with van der Waals surface area (Å²) in [7, 11) is 0. The van der Waals surface area contributed by atoms with Crippen LogP contribution in [-0.2, 0) is 4.79 Å². The third kappa shape index (κ3) is 2.98. The Bertz CT molecular complexity index is 498. The Morgan fingerprint density at radius 3 is 2.79 bits per heavy atom. The molecule has 102 valence electrons. The highest BCUT2D eigenvalue weighted by atomic mass is 35.5. The first-order valence-electron chi connectivity index (χ1n) is 6.03. The zero-order valence-corrected chi connectivity index (χ0v) is 11.3. The molecule has 0 radical (unpaired) electrons. The molecule has 1 aromatic carbocycles. The van der Waals surface area contributed by atoms with Gasteiger partial charge in [0.2, 0.25) is 0 Å². The van der Waals surface area contributed by atoms with Gasteiger partial charge in [-0.3, -0.25) is 4.79 Å². The Kier molecular flexibility index (Phi) is 3.95. The van der Waals surface area contributed by atoms with Gasteiger partial charge in [-0.1, -0.05) is 23.7 Å². The zero-order chi connectivity index (χ0) is 14.0. The normalized spacial score (nSPS) is 18.4. The quantitative estimate of drug-likeness (QED) is 0.876. The number of nitrogens with zero attached hydrogens (tertiary/aromatic N) is 1. The number of aliphatic carboxylic acids is 1. The van der Waals surface area contributed by atoms with Crippen molar-refractivity contribution in [2.45, 2.75) is 13.3 Å². The molecule has 1 aliphatic heterocycles. The molecule has 0 bridgehead atoms. The maximum Gasteiger partial charge on any atom is 0.321 e. The third-order valence-corrected chi connectivity index (χ3v) is 3.59. The third-order valence-electron chi connectivity index (χ3n) is 3.28. The van der Waals surface area contributed by atoms with Crippen LogP contribution in [0.25, 0.3) is 0 Å². The van der Waals surface area contributed by atoms with Crippen molar-refractivity contribution in [3.05, 3.63) is 28.8 Å². The molecule has 19 heavy (non-hydrogen) atoms. The molecule has 2 N–H and O–H groups in total. The fraction of sp³-hybridized carbons (Fsp3) is 0.385. The largest absolute Gasteiger partial charge is 0.481 e. The number of halogens is 1. The SMILES string of the molecule is Cc1cccc(Cl)c1NC(=O)N1CCC(C(=O)O)C1. The van der Waals surface area contributed by atoms with Crippen LogP contribution in [0.15, 0.2) is 18.2 Å². The molecular weight excluding hydrogens is 268 g/mol. The number of nitrogens with one attached hydrogen (secondary N) is 1. The van der Waals surface area contributed by atoms with E-state index in [1.54, 1.807) is 6.07 Å². The number of hydrogen-bond donors (Lipinski definition) is 2. The van der Waals surface area contributed by atoms with E-state index in [2.05, 4.69) is 5.32 Å². The summed E-state index contributed by atoms with van der Waals surface area (Å²) in [5.74, 6) is -1.33. The zero-order valence-electron chi connectivity index (χ0n) is 10.5. The molecule has 1 saturated heterocycles. The van der Waals surface area contributed by atoms with E-state index in [4.69, 9.17) is 16.7 Å². The first-order valence-corrected chi connectivity index (χ1v) is 6.40. The number of rotatable bonds is 2. The lowest BCUT2D eigenvalue weighted by Crippen LogP contribution is -2.34. The number of anilines is 1. The van der Waals surface area contributed by atoms with Crippen molar-refractivity contribution >= 4 is 29.3 Å². The number of carboxylic acids is 1. The van der Waals surface area contributed by atoms with Crippen molar-refractivity contribution in [2.75, 3.05) is 18.4 Å². The number of benzene rings is 1. The molecule has 1 heterocycles.